The van der Waals surface area contributed by atoms with Gasteiger partial charge < -0.3 is 4.90 Å². The highest BCUT2D eigenvalue weighted by Crippen LogP contribution is 2.33. The maximum atomic E-state index is 13.0. The molecule has 1 saturated heterocycles. The Morgan fingerprint density at radius 2 is 1.82 bits per heavy atom. The molecule has 0 radical (unpaired) electrons. The molecule has 0 saturated carbocycles. The number of aryl methyl sites for hydroxylation is 2. The molecule has 3 nitrogen and oxygen atoms in total. The lowest BCUT2D eigenvalue weighted by Gasteiger charge is -2.25. The van der Waals surface area contributed by atoms with Gasteiger partial charge in [0, 0.05) is 17.8 Å². The molecule has 28 heavy (non-hydrogen) atoms. The summed E-state index contributed by atoms with van der Waals surface area (Å²) >= 11 is 0. The number of amides is 1. The van der Waals surface area contributed by atoms with Crippen LogP contribution in [0.4, 0.5) is 0 Å². The van der Waals surface area contributed by atoms with Crippen LogP contribution in [0.1, 0.15) is 57.3 Å². The molecule has 1 amide bonds. The zero-order valence-corrected chi connectivity index (χ0v) is 16.6. The molecule has 3 aromatic rings. The van der Waals surface area contributed by atoms with Crippen LogP contribution in [0.25, 0.3) is 0 Å². The van der Waals surface area contributed by atoms with Crippen molar-refractivity contribution in [3.05, 3.63) is 100 Å². The van der Waals surface area contributed by atoms with Gasteiger partial charge in [-0.2, -0.15) is 0 Å². The van der Waals surface area contributed by atoms with Crippen LogP contribution in [0, 0.1) is 13.8 Å². The van der Waals surface area contributed by atoms with E-state index in [1.165, 1.54) is 16.7 Å². The molecule has 1 fully saturated rings. The molecule has 0 bridgehead atoms. The minimum atomic E-state index is 0.0591. The Hall–Kier alpha value is -2.94. The van der Waals surface area contributed by atoms with Gasteiger partial charge in [0.05, 0.1) is 11.7 Å². The molecular weight excluding hydrogens is 344 g/mol. The molecule has 3 heteroatoms. The molecule has 0 aliphatic carbocycles. The molecule has 0 unspecified atom stereocenters. The van der Waals surface area contributed by atoms with E-state index in [-0.39, 0.29) is 11.9 Å². The van der Waals surface area contributed by atoms with E-state index >= 15 is 0 Å². The van der Waals surface area contributed by atoms with E-state index in [1.54, 1.807) is 0 Å². The van der Waals surface area contributed by atoms with Crippen molar-refractivity contribution >= 4 is 5.91 Å². The SMILES string of the molecule is Cc1cccc(Cc2cc(C)nc([C@H]3CCCN3C(=O)c3ccccc3)c2)c1. The van der Waals surface area contributed by atoms with Crippen LogP contribution in [0.15, 0.2) is 66.7 Å². The lowest BCUT2D eigenvalue weighted by Crippen LogP contribution is -2.31. The quantitative estimate of drug-likeness (QED) is 0.627. The second-order valence-electron chi connectivity index (χ2n) is 7.73. The van der Waals surface area contributed by atoms with Gasteiger partial charge in [0.1, 0.15) is 0 Å². The van der Waals surface area contributed by atoms with Crippen molar-refractivity contribution in [1.82, 2.24) is 9.88 Å². The minimum absolute atomic E-state index is 0.0591. The zero-order valence-electron chi connectivity index (χ0n) is 16.6. The molecule has 0 N–H and O–H groups in total. The monoisotopic (exact) mass is 370 g/mol. The Kier molecular flexibility index (Phi) is 5.25. The van der Waals surface area contributed by atoms with Crippen molar-refractivity contribution < 1.29 is 4.79 Å². The lowest BCUT2D eigenvalue weighted by molar-refractivity contribution is 0.0732. The van der Waals surface area contributed by atoms with Gasteiger partial charge in [-0.1, -0.05) is 48.0 Å². The summed E-state index contributed by atoms with van der Waals surface area (Å²) < 4.78 is 0. The molecule has 4 rings (SSSR count). The number of hydrogen-bond acceptors (Lipinski definition) is 2. The van der Waals surface area contributed by atoms with Crippen molar-refractivity contribution in [2.75, 3.05) is 6.54 Å². The smallest absolute Gasteiger partial charge is 0.254 e. The summed E-state index contributed by atoms with van der Waals surface area (Å²) in [6.07, 6.45) is 2.88. The third-order valence-electron chi connectivity index (χ3n) is 5.40. The minimum Gasteiger partial charge on any atom is -0.330 e. The predicted octanol–water partition coefficient (Wildman–Crippen LogP) is 5.27. The van der Waals surface area contributed by atoms with Gasteiger partial charge in [0.15, 0.2) is 0 Å². The van der Waals surface area contributed by atoms with Gasteiger partial charge >= 0.3 is 0 Å². The van der Waals surface area contributed by atoms with E-state index in [9.17, 15) is 4.79 Å². The van der Waals surface area contributed by atoms with Crippen molar-refractivity contribution in [2.24, 2.45) is 0 Å². The third-order valence-corrected chi connectivity index (χ3v) is 5.40. The van der Waals surface area contributed by atoms with Crippen molar-refractivity contribution in [3.8, 4) is 0 Å². The van der Waals surface area contributed by atoms with Crippen LogP contribution in [-0.4, -0.2) is 22.3 Å². The molecule has 2 heterocycles. The number of carbonyl (C=O) groups excluding carboxylic acids is 1. The van der Waals surface area contributed by atoms with Crippen LogP contribution in [0.3, 0.4) is 0 Å². The fraction of sp³-hybridized carbons (Fsp3) is 0.280. The summed E-state index contributed by atoms with van der Waals surface area (Å²) in [5.41, 5.74) is 6.62. The van der Waals surface area contributed by atoms with Crippen LogP contribution in [-0.2, 0) is 6.42 Å². The number of aromatic nitrogens is 1. The van der Waals surface area contributed by atoms with E-state index in [2.05, 4.69) is 43.3 Å². The zero-order chi connectivity index (χ0) is 19.5. The lowest BCUT2D eigenvalue weighted by atomic mass is 10.0. The second-order valence-corrected chi connectivity index (χ2v) is 7.73. The van der Waals surface area contributed by atoms with E-state index in [1.807, 2.05) is 42.2 Å². The highest BCUT2D eigenvalue weighted by atomic mass is 16.2. The number of nitrogens with zero attached hydrogens (tertiary/aromatic N) is 2. The Labute approximate surface area is 167 Å². The van der Waals surface area contributed by atoms with Crippen LogP contribution < -0.4 is 0 Å². The standard InChI is InChI=1S/C25H26N2O/c1-18-8-6-9-20(14-18)16-21-15-19(2)26-23(17-21)24-12-7-13-27(24)25(28)22-10-4-3-5-11-22/h3-6,8-11,14-15,17,24H,7,12-13,16H2,1-2H3/t24-/m1/s1. The highest BCUT2D eigenvalue weighted by Gasteiger charge is 2.31. The molecule has 142 valence electrons. The average Bonchev–Trinajstić information content (AvgIpc) is 3.17. The first-order chi connectivity index (χ1) is 13.6. The summed E-state index contributed by atoms with van der Waals surface area (Å²) in [6, 6.07) is 22.6. The predicted molar refractivity (Wildman–Crippen MR) is 112 cm³/mol. The molecule has 1 aromatic heterocycles. The third kappa shape index (κ3) is 3.99. The molecule has 1 aliphatic heterocycles. The molecule has 0 spiro atoms. The Morgan fingerprint density at radius 3 is 2.61 bits per heavy atom. The van der Waals surface area contributed by atoms with Crippen LogP contribution in [0.5, 0.6) is 0 Å². The summed E-state index contributed by atoms with van der Waals surface area (Å²) in [6.45, 7) is 4.96. The summed E-state index contributed by atoms with van der Waals surface area (Å²) in [5.74, 6) is 0.103. The maximum absolute atomic E-state index is 13.0. The topological polar surface area (TPSA) is 33.2 Å². The Balaban J connectivity index is 1.61. The maximum Gasteiger partial charge on any atom is 0.254 e. The fourth-order valence-corrected chi connectivity index (χ4v) is 4.16. The number of likely N-dealkylation sites (tertiary alicyclic amines) is 1. The number of hydrogen-bond donors (Lipinski definition) is 0. The number of carbonyl (C=O) groups is 1. The number of pyridine rings is 1. The van der Waals surface area contributed by atoms with Gasteiger partial charge in [-0.25, -0.2) is 0 Å². The van der Waals surface area contributed by atoms with E-state index in [4.69, 9.17) is 4.98 Å². The van der Waals surface area contributed by atoms with Gasteiger partial charge in [0.2, 0.25) is 0 Å². The van der Waals surface area contributed by atoms with E-state index < -0.39 is 0 Å². The average molecular weight is 370 g/mol. The normalized spacial score (nSPS) is 16.4. The van der Waals surface area contributed by atoms with E-state index in [0.717, 1.165) is 42.8 Å². The highest BCUT2D eigenvalue weighted by molar-refractivity contribution is 5.94. The Bertz CT molecular complexity index is 981. The van der Waals surface area contributed by atoms with Gasteiger partial charge in [-0.05, 0) is 68.5 Å². The van der Waals surface area contributed by atoms with Crippen LogP contribution in [0.2, 0.25) is 0 Å². The van der Waals surface area contributed by atoms with Crippen molar-refractivity contribution in [1.29, 1.82) is 0 Å². The molecular formula is C25H26N2O. The van der Waals surface area contributed by atoms with Gasteiger partial charge in [-0.15, -0.1) is 0 Å². The van der Waals surface area contributed by atoms with Gasteiger partial charge in [-0.3, -0.25) is 9.78 Å². The molecule has 2 aromatic carbocycles. The van der Waals surface area contributed by atoms with Crippen LogP contribution >= 0.6 is 0 Å². The van der Waals surface area contributed by atoms with Crippen molar-refractivity contribution in [2.45, 2.75) is 39.2 Å². The number of rotatable bonds is 4. The second kappa shape index (κ2) is 7.97. The molecule has 1 aliphatic rings. The summed E-state index contributed by atoms with van der Waals surface area (Å²) in [7, 11) is 0. The van der Waals surface area contributed by atoms with Crippen molar-refractivity contribution in [3.63, 3.8) is 0 Å². The van der Waals surface area contributed by atoms with Gasteiger partial charge in [0.25, 0.3) is 5.91 Å². The fourth-order valence-electron chi connectivity index (χ4n) is 4.16. The molecule has 1 atom stereocenters. The first-order valence-corrected chi connectivity index (χ1v) is 9.99. The largest absolute Gasteiger partial charge is 0.330 e. The first-order valence-electron chi connectivity index (χ1n) is 9.99. The van der Waals surface area contributed by atoms with E-state index in [0.29, 0.717) is 0 Å². The summed E-state index contributed by atoms with van der Waals surface area (Å²) in [5, 5.41) is 0. The first kappa shape index (κ1) is 18.4. The number of benzene rings is 2. The summed E-state index contributed by atoms with van der Waals surface area (Å²) in [4.78, 5) is 19.8. The Morgan fingerprint density at radius 1 is 1.00 bits per heavy atom.